The molecule has 0 amide bonds. The van der Waals surface area contributed by atoms with Gasteiger partial charge in [0.1, 0.15) is 5.15 Å². The van der Waals surface area contributed by atoms with Crippen molar-refractivity contribution in [2.24, 2.45) is 0 Å². The van der Waals surface area contributed by atoms with E-state index in [9.17, 15) is 0 Å². The molecule has 0 unspecified atom stereocenters. The standard InChI is InChI=1S/C18H22ClN3.2ClH/c1-2-3-8-17(22-11-9-20-10-12-22)15-13-14-6-4-5-7-16(14)21-18(15)19;;/h2,4-7,13,17,20H,1,3,8-12H2;2*1H/t17-;;/m0../s1. The molecule has 2 aromatic rings. The van der Waals surface area contributed by atoms with E-state index in [0.717, 1.165) is 55.5 Å². The fraction of sp³-hybridized carbons (Fsp3) is 0.389. The van der Waals surface area contributed by atoms with Gasteiger partial charge in [-0.2, -0.15) is 0 Å². The lowest BCUT2D eigenvalue weighted by molar-refractivity contribution is 0.166. The fourth-order valence-electron chi connectivity index (χ4n) is 3.15. The Morgan fingerprint density at radius 3 is 2.67 bits per heavy atom. The third kappa shape index (κ3) is 4.84. The van der Waals surface area contributed by atoms with Gasteiger partial charge >= 0.3 is 0 Å². The first-order valence-electron chi connectivity index (χ1n) is 7.90. The van der Waals surface area contributed by atoms with Crippen molar-refractivity contribution in [1.29, 1.82) is 0 Å². The fourth-order valence-corrected chi connectivity index (χ4v) is 3.42. The van der Waals surface area contributed by atoms with Crippen molar-refractivity contribution in [3.8, 4) is 0 Å². The summed E-state index contributed by atoms with van der Waals surface area (Å²) < 4.78 is 0. The molecule has 3 rings (SSSR count). The van der Waals surface area contributed by atoms with Crippen molar-refractivity contribution >= 4 is 47.3 Å². The Hall–Kier alpha value is -0.840. The number of pyridine rings is 1. The number of halogens is 3. The van der Waals surface area contributed by atoms with Crippen LogP contribution < -0.4 is 5.32 Å². The van der Waals surface area contributed by atoms with Gasteiger partial charge < -0.3 is 5.32 Å². The van der Waals surface area contributed by atoms with Crippen LogP contribution in [0.3, 0.4) is 0 Å². The Morgan fingerprint density at radius 1 is 1.25 bits per heavy atom. The molecule has 1 aromatic heterocycles. The number of benzene rings is 1. The lowest BCUT2D eigenvalue weighted by Crippen LogP contribution is -2.45. The number of allylic oxidation sites excluding steroid dienone is 1. The second-order valence-corrected chi connectivity index (χ2v) is 6.09. The summed E-state index contributed by atoms with van der Waals surface area (Å²) in [7, 11) is 0. The monoisotopic (exact) mass is 387 g/mol. The largest absolute Gasteiger partial charge is 0.314 e. The van der Waals surface area contributed by atoms with Crippen molar-refractivity contribution in [3.05, 3.63) is 53.7 Å². The van der Waals surface area contributed by atoms with E-state index in [1.54, 1.807) is 0 Å². The second-order valence-electron chi connectivity index (χ2n) is 5.73. The van der Waals surface area contributed by atoms with Crippen LogP contribution in [0.15, 0.2) is 43.0 Å². The molecule has 3 nitrogen and oxygen atoms in total. The van der Waals surface area contributed by atoms with Crippen molar-refractivity contribution in [2.75, 3.05) is 26.2 Å². The van der Waals surface area contributed by atoms with Crippen LogP contribution in [-0.4, -0.2) is 36.1 Å². The van der Waals surface area contributed by atoms with Crippen LogP contribution in [0, 0.1) is 0 Å². The van der Waals surface area contributed by atoms with E-state index in [4.69, 9.17) is 11.6 Å². The molecule has 0 radical (unpaired) electrons. The van der Waals surface area contributed by atoms with Crippen molar-refractivity contribution in [1.82, 2.24) is 15.2 Å². The molecule has 0 saturated carbocycles. The van der Waals surface area contributed by atoms with E-state index < -0.39 is 0 Å². The number of hydrogen-bond acceptors (Lipinski definition) is 3. The van der Waals surface area contributed by atoms with Crippen LogP contribution >= 0.6 is 36.4 Å². The van der Waals surface area contributed by atoms with Gasteiger partial charge in [0, 0.05) is 43.2 Å². The number of piperazine rings is 1. The summed E-state index contributed by atoms with van der Waals surface area (Å²) in [5, 5.41) is 5.20. The van der Waals surface area contributed by atoms with Gasteiger partial charge in [-0.15, -0.1) is 31.4 Å². The van der Waals surface area contributed by atoms with Gasteiger partial charge in [-0.25, -0.2) is 4.98 Å². The summed E-state index contributed by atoms with van der Waals surface area (Å²) in [6.45, 7) is 8.02. The van der Waals surface area contributed by atoms with E-state index in [1.807, 2.05) is 24.3 Å². The molecule has 0 aliphatic carbocycles. The molecule has 1 aliphatic heterocycles. The Morgan fingerprint density at radius 2 is 1.96 bits per heavy atom. The third-order valence-corrected chi connectivity index (χ3v) is 4.60. The average molecular weight is 389 g/mol. The maximum atomic E-state index is 6.52. The zero-order valence-corrected chi connectivity index (χ0v) is 16.0. The van der Waals surface area contributed by atoms with Gasteiger partial charge in [0.05, 0.1) is 5.52 Å². The first-order chi connectivity index (χ1) is 10.8. The quantitative estimate of drug-likeness (QED) is 0.597. The van der Waals surface area contributed by atoms with Gasteiger partial charge in [0.15, 0.2) is 0 Å². The SMILES string of the molecule is C=CCC[C@@H](c1cc2ccccc2nc1Cl)N1CCNCC1.Cl.Cl. The lowest BCUT2D eigenvalue weighted by atomic mass is 9.99. The van der Waals surface area contributed by atoms with Crippen molar-refractivity contribution < 1.29 is 0 Å². The minimum absolute atomic E-state index is 0. The molecular formula is C18H24Cl3N3. The van der Waals surface area contributed by atoms with Gasteiger partial charge in [0.2, 0.25) is 0 Å². The van der Waals surface area contributed by atoms with Gasteiger partial charge in [0.25, 0.3) is 0 Å². The van der Waals surface area contributed by atoms with Gasteiger partial charge in [-0.05, 0) is 25.0 Å². The lowest BCUT2D eigenvalue weighted by Gasteiger charge is -2.35. The third-order valence-electron chi connectivity index (χ3n) is 4.30. The highest BCUT2D eigenvalue weighted by molar-refractivity contribution is 6.30. The molecule has 1 aliphatic rings. The number of para-hydroxylation sites is 1. The zero-order chi connectivity index (χ0) is 15.4. The number of rotatable bonds is 5. The summed E-state index contributed by atoms with van der Waals surface area (Å²) in [6.07, 6.45) is 4.00. The molecule has 6 heteroatoms. The summed E-state index contributed by atoms with van der Waals surface area (Å²) >= 11 is 6.52. The van der Waals surface area contributed by atoms with E-state index in [1.165, 1.54) is 0 Å². The molecule has 24 heavy (non-hydrogen) atoms. The van der Waals surface area contributed by atoms with Gasteiger partial charge in [-0.3, -0.25) is 4.90 Å². The molecule has 0 bridgehead atoms. The summed E-state index contributed by atoms with van der Waals surface area (Å²) in [6, 6.07) is 10.7. The first-order valence-corrected chi connectivity index (χ1v) is 8.28. The van der Waals surface area contributed by atoms with E-state index in [-0.39, 0.29) is 24.8 Å². The molecule has 132 valence electrons. The predicted molar refractivity (Wildman–Crippen MR) is 108 cm³/mol. The van der Waals surface area contributed by atoms with E-state index >= 15 is 0 Å². The average Bonchev–Trinajstić information content (AvgIpc) is 2.56. The number of hydrogen-bond donors (Lipinski definition) is 1. The number of aromatic nitrogens is 1. The maximum Gasteiger partial charge on any atom is 0.134 e. The molecular weight excluding hydrogens is 365 g/mol. The van der Waals surface area contributed by atoms with E-state index in [0.29, 0.717) is 11.2 Å². The van der Waals surface area contributed by atoms with Crippen LogP contribution in [0.1, 0.15) is 24.4 Å². The topological polar surface area (TPSA) is 28.2 Å². The molecule has 1 aromatic carbocycles. The highest BCUT2D eigenvalue weighted by atomic mass is 35.5. The molecule has 1 saturated heterocycles. The Balaban J connectivity index is 0.00000144. The van der Waals surface area contributed by atoms with Crippen LogP contribution in [0.2, 0.25) is 5.15 Å². The highest BCUT2D eigenvalue weighted by Gasteiger charge is 2.24. The van der Waals surface area contributed by atoms with Crippen LogP contribution in [0.4, 0.5) is 0 Å². The van der Waals surface area contributed by atoms with Gasteiger partial charge in [-0.1, -0.05) is 35.9 Å². The smallest absolute Gasteiger partial charge is 0.134 e. The normalized spacial score (nSPS) is 16.0. The predicted octanol–water partition coefficient (Wildman–Crippen LogP) is 4.64. The van der Waals surface area contributed by atoms with Crippen LogP contribution in [0.25, 0.3) is 10.9 Å². The Labute approximate surface area is 161 Å². The molecule has 1 fully saturated rings. The summed E-state index contributed by atoms with van der Waals surface area (Å²) in [5.74, 6) is 0. The van der Waals surface area contributed by atoms with Crippen LogP contribution in [0.5, 0.6) is 0 Å². The number of fused-ring (bicyclic) bond motifs is 1. The molecule has 0 spiro atoms. The highest BCUT2D eigenvalue weighted by Crippen LogP contribution is 2.32. The Kier molecular flexibility index (Phi) is 9.03. The van der Waals surface area contributed by atoms with Crippen molar-refractivity contribution in [2.45, 2.75) is 18.9 Å². The summed E-state index contributed by atoms with van der Waals surface area (Å²) in [5.41, 5.74) is 2.10. The molecule has 1 N–H and O–H groups in total. The van der Waals surface area contributed by atoms with E-state index in [2.05, 4.69) is 33.9 Å². The Bertz CT molecular complexity index is 657. The minimum Gasteiger partial charge on any atom is -0.314 e. The zero-order valence-electron chi connectivity index (χ0n) is 13.6. The molecule has 1 atom stereocenters. The number of nitrogens with zero attached hydrogens (tertiary/aromatic N) is 2. The number of nitrogens with one attached hydrogen (secondary N) is 1. The first kappa shape index (κ1) is 21.2. The van der Waals surface area contributed by atoms with Crippen molar-refractivity contribution in [3.63, 3.8) is 0 Å². The van der Waals surface area contributed by atoms with Crippen LogP contribution in [-0.2, 0) is 0 Å². The maximum absolute atomic E-state index is 6.52. The summed E-state index contributed by atoms with van der Waals surface area (Å²) in [4.78, 5) is 7.11. The minimum atomic E-state index is 0. The second kappa shape index (κ2) is 10.2. The molecule has 2 heterocycles.